The predicted octanol–water partition coefficient (Wildman–Crippen LogP) is 12.5. The summed E-state index contributed by atoms with van der Waals surface area (Å²) in [6.07, 6.45) is 7.45. The molecule has 15 heteroatoms. The van der Waals surface area contributed by atoms with Gasteiger partial charge in [0.1, 0.15) is 44.4 Å². The summed E-state index contributed by atoms with van der Waals surface area (Å²) in [7, 11) is -0.182. The molecule has 3 aromatic heterocycles. The van der Waals surface area contributed by atoms with E-state index in [4.69, 9.17) is 14.7 Å². The van der Waals surface area contributed by atoms with Crippen LogP contribution in [-0.2, 0) is 46.7 Å². The van der Waals surface area contributed by atoms with Crippen molar-refractivity contribution in [2.75, 3.05) is 40.3 Å². The molecule has 400 valence electrons. The van der Waals surface area contributed by atoms with Gasteiger partial charge >= 0.3 is 0 Å². The van der Waals surface area contributed by atoms with Crippen LogP contribution < -0.4 is 4.74 Å². The molecule has 1 aliphatic carbocycles. The van der Waals surface area contributed by atoms with E-state index in [1.54, 1.807) is 60.1 Å². The second-order valence-electron chi connectivity index (χ2n) is 20.7. The molecule has 2 atom stereocenters. The standard InChI is InChI=1S/C63H64N6O6S3/c1-67(49-14-11-13-43(34-49)55-24-23-53-44(22-25-56(70)59(53)66-55)41-78(73,74)58-21-10-9-20-57(58)75-2)37-45-32-48(40-77-51-17-7-4-8-18-51)54-31-42(35-65-61(54)62(45)71)36-68-27-29-69(30-28-68)38-46-33-47(39-76-50-15-5-3-6-16-50)52-19-12-26-64-60(52)63(46)72/h3-10,12,15-26,31-33,35,43,49,70-72H,11,13-14,27-30,34,36-41H2,1-2H3. The van der Waals surface area contributed by atoms with Crippen molar-refractivity contribution in [3.8, 4) is 23.0 Å². The number of pyridine rings is 3. The number of phenols is 3. The lowest BCUT2D eigenvalue weighted by Crippen LogP contribution is -2.45. The van der Waals surface area contributed by atoms with E-state index in [1.165, 1.54) is 28.5 Å². The molecule has 12 nitrogen and oxygen atoms in total. The van der Waals surface area contributed by atoms with Crippen molar-refractivity contribution in [3.63, 3.8) is 0 Å². The quantitative estimate of drug-likeness (QED) is 0.0699. The Morgan fingerprint density at radius 1 is 0.641 bits per heavy atom. The number of methoxy groups -OCH3 is 1. The molecule has 1 saturated heterocycles. The third kappa shape index (κ3) is 11.8. The number of thioether (sulfide) groups is 2. The van der Waals surface area contributed by atoms with E-state index in [9.17, 15) is 23.7 Å². The van der Waals surface area contributed by atoms with Crippen molar-refractivity contribution in [1.82, 2.24) is 29.7 Å². The number of sulfone groups is 1. The first kappa shape index (κ1) is 53.3. The monoisotopic (exact) mass is 1100 g/mol. The van der Waals surface area contributed by atoms with E-state index in [-0.39, 0.29) is 39.9 Å². The summed E-state index contributed by atoms with van der Waals surface area (Å²) in [5.74, 6) is 2.14. The molecule has 9 aromatic rings. The molecule has 11 rings (SSSR count). The molecule has 0 amide bonds. The van der Waals surface area contributed by atoms with E-state index >= 15 is 0 Å². The Bertz CT molecular complexity index is 3710. The van der Waals surface area contributed by atoms with Crippen molar-refractivity contribution in [3.05, 3.63) is 191 Å². The zero-order chi connectivity index (χ0) is 53.8. The molecule has 4 heterocycles. The average molecular weight is 1100 g/mol. The minimum Gasteiger partial charge on any atom is -0.506 e. The molecule has 3 N–H and O–H groups in total. The first-order valence-corrected chi connectivity index (χ1v) is 30.3. The number of nitrogens with zero attached hydrogens (tertiary/aromatic N) is 6. The van der Waals surface area contributed by atoms with Gasteiger partial charge in [0, 0.05) is 124 Å². The van der Waals surface area contributed by atoms with E-state index in [0.29, 0.717) is 52.1 Å². The van der Waals surface area contributed by atoms with Crippen molar-refractivity contribution in [1.29, 1.82) is 0 Å². The zero-order valence-corrected chi connectivity index (χ0v) is 46.4. The van der Waals surface area contributed by atoms with E-state index in [2.05, 4.69) is 99.5 Å². The highest BCUT2D eigenvalue weighted by Gasteiger charge is 2.30. The first-order valence-electron chi connectivity index (χ1n) is 26.7. The summed E-state index contributed by atoms with van der Waals surface area (Å²) in [6.45, 7) is 5.37. The van der Waals surface area contributed by atoms with Crippen LogP contribution in [0.25, 0.3) is 32.7 Å². The van der Waals surface area contributed by atoms with E-state index < -0.39 is 9.84 Å². The molecular weight excluding hydrogens is 1030 g/mol. The third-order valence-corrected chi connectivity index (χ3v) is 19.4. The highest BCUT2D eigenvalue weighted by atomic mass is 32.2. The molecule has 2 aliphatic rings. The zero-order valence-electron chi connectivity index (χ0n) is 44.0. The van der Waals surface area contributed by atoms with E-state index in [1.807, 2.05) is 36.5 Å². The number of aromatic hydroxyl groups is 3. The molecule has 2 unspecified atom stereocenters. The summed E-state index contributed by atoms with van der Waals surface area (Å²) >= 11 is 3.57. The summed E-state index contributed by atoms with van der Waals surface area (Å²) < 4.78 is 32.7. The lowest BCUT2D eigenvalue weighted by Gasteiger charge is -2.35. The maximum atomic E-state index is 13.7. The highest BCUT2D eigenvalue weighted by molar-refractivity contribution is 7.98. The molecule has 1 aliphatic heterocycles. The van der Waals surface area contributed by atoms with Crippen LogP contribution in [0.5, 0.6) is 23.0 Å². The van der Waals surface area contributed by atoms with Crippen LogP contribution in [0.3, 0.4) is 0 Å². The first-order chi connectivity index (χ1) is 38.0. The van der Waals surface area contributed by atoms with Crippen LogP contribution >= 0.6 is 23.5 Å². The number of hydrogen-bond acceptors (Lipinski definition) is 14. The van der Waals surface area contributed by atoms with Crippen LogP contribution in [-0.4, -0.2) is 99.8 Å². The van der Waals surface area contributed by atoms with Crippen LogP contribution in [0.4, 0.5) is 0 Å². The Morgan fingerprint density at radius 2 is 1.28 bits per heavy atom. The number of rotatable bonds is 18. The molecule has 0 bridgehead atoms. The second kappa shape index (κ2) is 23.7. The SMILES string of the molecule is COc1ccccc1S(=O)(=O)Cc1ccc(O)c2nc(C3CCCC(N(C)Cc4cc(CSc5ccccc5)c5cc(CN6CCN(Cc7cc(CSc8ccccc8)c8cccnc8c7O)CC6)cnc5c4O)C3)ccc12. The number of para-hydroxylation sites is 1. The topological polar surface area (TPSA) is 152 Å². The van der Waals surface area contributed by atoms with Gasteiger partial charge in [0.25, 0.3) is 0 Å². The van der Waals surface area contributed by atoms with Crippen LogP contribution in [0.15, 0.2) is 167 Å². The van der Waals surface area contributed by atoms with Gasteiger partial charge < -0.3 is 20.1 Å². The number of hydrogen-bond donors (Lipinski definition) is 3. The van der Waals surface area contributed by atoms with Gasteiger partial charge in [-0.3, -0.25) is 24.7 Å². The fraction of sp³-hybridized carbons (Fsp3) is 0.286. The van der Waals surface area contributed by atoms with Crippen LogP contribution in [0.1, 0.15) is 70.7 Å². The highest BCUT2D eigenvalue weighted by Crippen LogP contribution is 2.41. The average Bonchev–Trinajstić information content (AvgIpc) is 3.56. The van der Waals surface area contributed by atoms with Gasteiger partial charge in [-0.1, -0.05) is 73.2 Å². The van der Waals surface area contributed by atoms with Gasteiger partial charge in [-0.15, -0.1) is 23.5 Å². The van der Waals surface area contributed by atoms with Gasteiger partial charge in [-0.05, 0) is 121 Å². The number of ether oxygens (including phenoxy) is 1. The predicted molar refractivity (Wildman–Crippen MR) is 313 cm³/mol. The van der Waals surface area contributed by atoms with E-state index in [0.717, 1.165) is 103 Å². The molecule has 6 aromatic carbocycles. The fourth-order valence-electron chi connectivity index (χ4n) is 11.4. The van der Waals surface area contributed by atoms with Crippen molar-refractivity contribution in [2.45, 2.75) is 89.2 Å². The number of benzene rings is 6. The van der Waals surface area contributed by atoms with Gasteiger partial charge in [0.2, 0.25) is 0 Å². The van der Waals surface area contributed by atoms with Crippen LogP contribution in [0.2, 0.25) is 0 Å². The Labute approximate surface area is 465 Å². The minimum atomic E-state index is -3.77. The third-order valence-electron chi connectivity index (χ3n) is 15.5. The summed E-state index contributed by atoms with van der Waals surface area (Å²) in [6, 6.07) is 45.3. The summed E-state index contributed by atoms with van der Waals surface area (Å²) in [5.41, 5.74) is 8.24. The smallest absolute Gasteiger partial charge is 0.186 e. The number of aromatic nitrogens is 3. The van der Waals surface area contributed by atoms with Crippen molar-refractivity contribution in [2.24, 2.45) is 0 Å². The molecule has 2 fully saturated rings. The van der Waals surface area contributed by atoms with Gasteiger partial charge in [-0.2, -0.15) is 0 Å². The van der Waals surface area contributed by atoms with Gasteiger partial charge in [-0.25, -0.2) is 13.4 Å². The fourth-order valence-corrected chi connectivity index (χ4v) is 14.7. The van der Waals surface area contributed by atoms with Crippen molar-refractivity contribution >= 4 is 66.1 Å². The summed E-state index contributed by atoms with van der Waals surface area (Å²) in [4.78, 5) is 24.4. The molecular formula is C63H64N6O6S3. The lowest BCUT2D eigenvalue weighted by atomic mass is 9.82. The molecule has 78 heavy (non-hydrogen) atoms. The Morgan fingerprint density at radius 3 is 2.01 bits per heavy atom. The molecule has 0 radical (unpaired) electrons. The maximum Gasteiger partial charge on any atom is 0.186 e. The van der Waals surface area contributed by atoms with Crippen LogP contribution in [0, 0.1) is 0 Å². The minimum absolute atomic E-state index is 0.0132. The maximum absolute atomic E-state index is 13.7. The second-order valence-corrected chi connectivity index (χ2v) is 24.8. The Hall–Kier alpha value is -6.72. The number of piperazine rings is 1. The van der Waals surface area contributed by atoms with Gasteiger partial charge in [0.15, 0.2) is 9.84 Å². The molecule has 1 saturated carbocycles. The Balaban J connectivity index is 0.774. The Kier molecular flexibility index (Phi) is 16.2. The van der Waals surface area contributed by atoms with Crippen molar-refractivity contribution < 1.29 is 28.5 Å². The largest absolute Gasteiger partial charge is 0.506 e. The molecule has 0 spiro atoms. The normalized spacial score (nSPS) is 16.6. The summed E-state index contributed by atoms with van der Waals surface area (Å²) in [5, 5.41) is 37.2. The number of fused-ring (bicyclic) bond motifs is 3. The number of phenolic OH excluding ortho intramolecular Hbond substituents is 3. The lowest BCUT2D eigenvalue weighted by molar-refractivity contribution is 0.121. The van der Waals surface area contributed by atoms with Gasteiger partial charge in [0.05, 0.1) is 12.9 Å².